The zero-order valence-corrected chi connectivity index (χ0v) is 18.5. The first-order valence-electron chi connectivity index (χ1n) is 9.70. The molecule has 4 rings (SSSR count). The van der Waals surface area contributed by atoms with Gasteiger partial charge in [-0.05, 0) is 42.7 Å². The van der Waals surface area contributed by atoms with Crippen molar-refractivity contribution < 1.29 is 4.79 Å². The highest BCUT2D eigenvalue weighted by atomic mass is 32.2. The van der Waals surface area contributed by atoms with Gasteiger partial charge in [0, 0.05) is 16.6 Å². The van der Waals surface area contributed by atoms with Crippen molar-refractivity contribution in [3.8, 4) is 11.3 Å². The molecule has 0 saturated heterocycles. The summed E-state index contributed by atoms with van der Waals surface area (Å²) in [7, 11) is 0. The van der Waals surface area contributed by atoms with Crippen molar-refractivity contribution in [3.63, 3.8) is 0 Å². The van der Waals surface area contributed by atoms with Crippen molar-refractivity contribution in [2.24, 2.45) is 0 Å². The van der Waals surface area contributed by atoms with Crippen molar-refractivity contribution >= 4 is 34.7 Å². The van der Waals surface area contributed by atoms with Crippen LogP contribution in [-0.2, 0) is 4.79 Å². The number of benzene rings is 3. The van der Waals surface area contributed by atoms with Gasteiger partial charge in [0.1, 0.15) is 5.25 Å². The molecule has 1 unspecified atom stereocenters. The summed E-state index contributed by atoms with van der Waals surface area (Å²) >= 11 is 3.06. The number of hydrogen-bond donors (Lipinski definition) is 1. The van der Waals surface area contributed by atoms with Crippen LogP contribution in [0.1, 0.15) is 21.9 Å². The second kappa shape index (κ2) is 9.28. The van der Waals surface area contributed by atoms with Crippen LogP contribution in [0.25, 0.3) is 11.3 Å². The summed E-state index contributed by atoms with van der Waals surface area (Å²) in [5, 5.41) is 4.75. The van der Waals surface area contributed by atoms with Crippen LogP contribution in [0.15, 0.2) is 88.6 Å². The minimum atomic E-state index is -0.387. The lowest BCUT2D eigenvalue weighted by atomic mass is 10.1. The largest absolute Gasteiger partial charge is 0.325 e. The molecule has 0 aliphatic carbocycles. The molecule has 0 spiro atoms. The summed E-state index contributed by atoms with van der Waals surface area (Å²) in [4.78, 5) is 18.0. The molecule has 1 aromatic heterocycles. The third-order valence-corrected chi connectivity index (χ3v) is 6.83. The lowest BCUT2D eigenvalue weighted by Crippen LogP contribution is -2.19. The second-order valence-corrected chi connectivity index (χ2v) is 9.35. The van der Waals surface area contributed by atoms with E-state index in [1.54, 1.807) is 11.3 Å². The number of amides is 1. The number of rotatable bonds is 6. The van der Waals surface area contributed by atoms with E-state index in [4.69, 9.17) is 4.98 Å². The van der Waals surface area contributed by atoms with Gasteiger partial charge in [0.25, 0.3) is 0 Å². The molecule has 1 N–H and O–H groups in total. The zero-order chi connectivity index (χ0) is 20.9. The smallest absolute Gasteiger partial charge is 0.242 e. The van der Waals surface area contributed by atoms with E-state index in [1.165, 1.54) is 11.8 Å². The molecule has 30 heavy (non-hydrogen) atoms. The van der Waals surface area contributed by atoms with Crippen molar-refractivity contribution in [2.75, 3.05) is 5.32 Å². The van der Waals surface area contributed by atoms with Gasteiger partial charge in [-0.3, -0.25) is 4.79 Å². The van der Waals surface area contributed by atoms with Crippen LogP contribution in [0.5, 0.6) is 0 Å². The third-order valence-electron chi connectivity index (χ3n) is 4.60. The maximum atomic E-state index is 13.3. The lowest BCUT2D eigenvalue weighted by Gasteiger charge is -2.16. The Hall–Kier alpha value is -2.89. The van der Waals surface area contributed by atoms with E-state index < -0.39 is 0 Å². The molecule has 0 radical (unpaired) electrons. The van der Waals surface area contributed by atoms with Gasteiger partial charge in [0.05, 0.1) is 5.69 Å². The molecule has 0 saturated carbocycles. The zero-order valence-electron chi connectivity index (χ0n) is 16.8. The van der Waals surface area contributed by atoms with Crippen LogP contribution in [0.4, 0.5) is 5.69 Å². The molecule has 0 aliphatic heterocycles. The predicted octanol–water partition coefficient (Wildman–Crippen LogP) is 6.90. The Bertz CT molecular complexity index is 1120. The minimum Gasteiger partial charge on any atom is -0.325 e. The number of hydrogen-bond acceptors (Lipinski definition) is 4. The van der Waals surface area contributed by atoms with Crippen molar-refractivity contribution in [1.82, 2.24) is 4.98 Å². The highest BCUT2D eigenvalue weighted by Gasteiger charge is 2.24. The van der Waals surface area contributed by atoms with Crippen LogP contribution in [0, 0.1) is 13.8 Å². The Morgan fingerprint density at radius 1 is 0.933 bits per heavy atom. The molecular weight excluding hydrogens is 408 g/mol. The van der Waals surface area contributed by atoms with E-state index in [2.05, 4.69) is 11.4 Å². The molecule has 3 aromatic carbocycles. The van der Waals surface area contributed by atoms with Crippen molar-refractivity contribution in [1.29, 1.82) is 0 Å². The molecule has 0 aliphatic rings. The first-order valence-corrected chi connectivity index (χ1v) is 11.5. The van der Waals surface area contributed by atoms with E-state index >= 15 is 0 Å². The summed E-state index contributed by atoms with van der Waals surface area (Å²) in [6, 6.07) is 26.1. The summed E-state index contributed by atoms with van der Waals surface area (Å²) in [6.07, 6.45) is 0. The standard InChI is InChI=1S/C25H22N2OS2/c1-17-13-18(2)15-21(14-17)26-24(28)23(20-11-7-4-8-12-20)30-25-27-22(16-29-25)19-9-5-3-6-10-19/h3-16,23H,1-2H3,(H,26,28). The first kappa shape index (κ1) is 20.4. The predicted molar refractivity (Wildman–Crippen MR) is 127 cm³/mol. The number of thiazole rings is 1. The average Bonchev–Trinajstić information content (AvgIpc) is 3.21. The average molecular weight is 431 g/mol. The maximum absolute atomic E-state index is 13.3. The molecule has 1 atom stereocenters. The van der Waals surface area contributed by atoms with E-state index in [-0.39, 0.29) is 11.2 Å². The van der Waals surface area contributed by atoms with Crippen LogP contribution in [0.2, 0.25) is 0 Å². The Labute approximate surface area is 185 Å². The number of carbonyl (C=O) groups excluding carboxylic acids is 1. The molecule has 5 heteroatoms. The van der Waals surface area contributed by atoms with Gasteiger partial charge < -0.3 is 5.32 Å². The summed E-state index contributed by atoms with van der Waals surface area (Å²) in [6.45, 7) is 4.07. The third kappa shape index (κ3) is 4.99. The lowest BCUT2D eigenvalue weighted by molar-refractivity contribution is -0.115. The van der Waals surface area contributed by atoms with Gasteiger partial charge in [-0.2, -0.15) is 0 Å². The summed E-state index contributed by atoms with van der Waals surface area (Å²) in [5.74, 6) is -0.0485. The molecule has 0 bridgehead atoms. The van der Waals surface area contributed by atoms with Gasteiger partial charge in [0.15, 0.2) is 4.34 Å². The molecule has 0 fully saturated rings. The van der Waals surface area contributed by atoms with Crippen molar-refractivity contribution in [2.45, 2.75) is 23.4 Å². The highest BCUT2D eigenvalue weighted by molar-refractivity contribution is 8.01. The van der Waals surface area contributed by atoms with E-state index in [9.17, 15) is 4.79 Å². The van der Waals surface area contributed by atoms with Crippen LogP contribution in [0.3, 0.4) is 0 Å². The Balaban J connectivity index is 1.59. The van der Waals surface area contributed by atoms with Gasteiger partial charge in [0.2, 0.25) is 5.91 Å². The highest BCUT2D eigenvalue weighted by Crippen LogP contribution is 2.39. The monoisotopic (exact) mass is 430 g/mol. The molecule has 4 aromatic rings. The minimum absolute atomic E-state index is 0.0485. The number of nitrogens with one attached hydrogen (secondary N) is 1. The SMILES string of the molecule is Cc1cc(C)cc(NC(=O)C(Sc2nc(-c3ccccc3)cs2)c2ccccc2)c1. The Kier molecular flexibility index (Phi) is 6.31. The fourth-order valence-electron chi connectivity index (χ4n) is 3.31. The fraction of sp³-hybridized carbons (Fsp3) is 0.120. The number of carbonyl (C=O) groups is 1. The van der Waals surface area contributed by atoms with E-state index in [1.807, 2.05) is 92.0 Å². The number of anilines is 1. The number of aromatic nitrogens is 1. The Morgan fingerprint density at radius 2 is 1.57 bits per heavy atom. The number of thioether (sulfide) groups is 1. The van der Waals surface area contributed by atoms with E-state index in [0.29, 0.717) is 0 Å². The quantitative estimate of drug-likeness (QED) is 0.338. The topological polar surface area (TPSA) is 42.0 Å². The van der Waals surface area contributed by atoms with Gasteiger partial charge in [-0.1, -0.05) is 78.5 Å². The number of aryl methyl sites for hydroxylation is 2. The number of nitrogens with zero attached hydrogens (tertiary/aromatic N) is 1. The Morgan fingerprint density at radius 3 is 2.23 bits per heavy atom. The second-order valence-electron chi connectivity index (χ2n) is 7.14. The van der Waals surface area contributed by atoms with Crippen LogP contribution in [-0.4, -0.2) is 10.9 Å². The maximum Gasteiger partial charge on any atom is 0.242 e. The molecule has 1 amide bonds. The van der Waals surface area contributed by atoms with Gasteiger partial charge in [-0.15, -0.1) is 11.3 Å². The van der Waals surface area contributed by atoms with Crippen LogP contribution >= 0.6 is 23.1 Å². The molecule has 150 valence electrons. The normalized spacial score (nSPS) is 11.8. The molecule has 1 heterocycles. The first-order chi connectivity index (χ1) is 14.6. The fourth-order valence-corrected chi connectivity index (χ4v) is 5.33. The van der Waals surface area contributed by atoms with Crippen molar-refractivity contribution in [3.05, 3.63) is 101 Å². The van der Waals surface area contributed by atoms with Gasteiger partial charge >= 0.3 is 0 Å². The molecular formula is C25H22N2OS2. The van der Waals surface area contributed by atoms with Gasteiger partial charge in [-0.25, -0.2) is 4.98 Å². The summed E-state index contributed by atoms with van der Waals surface area (Å²) < 4.78 is 0.873. The van der Waals surface area contributed by atoms with Crippen LogP contribution < -0.4 is 5.32 Å². The van der Waals surface area contributed by atoms with E-state index in [0.717, 1.165) is 38.0 Å². The molecule has 3 nitrogen and oxygen atoms in total. The summed E-state index contributed by atoms with van der Waals surface area (Å²) in [5.41, 5.74) is 6.05.